The molecule has 5 heteroatoms. The average Bonchev–Trinajstić information content (AvgIpc) is 2.33. The van der Waals surface area contributed by atoms with Crippen LogP contribution in [0.3, 0.4) is 0 Å². The number of hydrogen-bond acceptors (Lipinski definition) is 3. The van der Waals surface area contributed by atoms with E-state index in [1.807, 2.05) is 30.3 Å². The highest BCUT2D eigenvalue weighted by molar-refractivity contribution is 5.59. The Balaban J connectivity index is 2.46. The minimum Gasteiger partial charge on any atom is -0.250 e. The zero-order valence-electron chi connectivity index (χ0n) is 8.70. The summed E-state index contributed by atoms with van der Waals surface area (Å²) in [5.74, 6) is 0.321. The van der Waals surface area contributed by atoms with Crippen molar-refractivity contribution in [2.24, 2.45) is 5.11 Å². The molecule has 16 heavy (non-hydrogen) atoms. The van der Waals surface area contributed by atoms with Crippen LogP contribution >= 0.6 is 0 Å². The Labute approximate surface area is 92.4 Å². The maximum Gasteiger partial charge on any atom is 0.147 e. The van der Waals surface area contributed by atoms with Crippen molar-refractivity contribution in [1.82, 2.24) is 9.97 Å². The van der Waals surface area contributed by atoms with Gasteiger partial charge >= 0.3 is 0 Å². The first kappa shape index (κ1) is 10.1. The molecule has 0 fully saturated rings. The fourth-order valence-corrected chi connectivity index (χ4v) is 1.36. The molecule has 0 atom stereocenters. The van der Waals surface area contributed by atoms with Gasteiger partial charge in [-0.2, -0.15) is 0 Å². The maximum atomic E-state index is 8.32. The van der Waals surface area contributed by atoms with Crippen molar-refractivity contribution in [1.29, 1.82) is 0 Å². The van der Waals surface area contributed by atoms with Gasteiger partial charge in [-0.3, -0.25) is 4.98 Å². The molecular weight excluding hydrogens is 202 g/mol. The predicted molar refractivity (Wildman–Crippen MR) is 61.0 cm³/mol. The Bertz CT molecular complexity index is 544. The monoisotopic (exact) mass is 211 g/mol. The summed E-state index contributed by atoms with van der Waals surface area (Å²) in [6.45, 7) is 1.77. The summed E-state index contributed by atoms with van der Waals surface area (Å²) >= 11 is 0. The molecule has 5 nitrogen and oxygen atoms in total. The molecular formula is C11H9N5. The first-order valence-corrected chi connectivity index (χ1v) is 4.75. The van der Waals surface area contributed by atoms with E-state index in [-0.39, 0.29) is 0 Å². The molecule has 78 valence electrons. The van der Waals surface area contributed by atoms with Crippen LogP contribution in [0.5, 0.6) is 0 Å². The standard InChI is InChI=1S/C11H9N5/c1-8-11(15-16-12)13-7-10(14-8)9-5-3-2-4-6-9/h2-7H,1H3. The van der Waals surface area contributed by atoms with E-state index in [1.54, 1.807) is 13.1 Å². The van der Waals surface area contributed by atoms with Crippen LogP contribution in [-0.4, -0.2) is 9.97 Å². The van der Waals surface area contributed by atoms with E-state index in [0.717, 1.165) is 11.3 Å². The molecule has 0 bridgehead atoms. The van der Waals surface area contributed by atoms with E-state index in [1.165, 1.54) is 0 Å². The molecule has 0 radical (unpaired) electrons. The summed E-state index contributed by atoms with van der Waals surface area (Å²) in [6, 6.07) is 9.73. The smallest absolute Gasteiger partial charge is 0.147 e. The van der Waals surface area contributed by atoms with E-state index in [0.29, 0.717) is 11.5 Å². The summed E-state index contributed by atoms with van der Waals surface area (Å²) in [5, 5.41) is 3.45. The summed E-state index contributed by atoms with van der Waals surface area (Å²) in [5.41, 5.74) is 10.7. The third-order valence-electron chi connectivity index (χ3n) is 2.13. The lowest BCUT2D eigenvalue weighted by molar-refractivity contribution is 1.10. The van der Waals surface area contributed by atoms with Gasteiger partial charge in [-0.25, -0.2) is 4.98 Å². The number of nitrogens with zero attached hydrogens (tertiary/aromatic N) is 5. The molecule has 1 aromatic carbocycles. The highest BCUT2D eigenvalue weighted by atomic mass is 15.2. The Kier molecular flexibility index (Phi) is 2.80. The molecule has 0 aliphatic carbocycles. The minimum atomic E-state index is 0.321. The van der Waals surface area contributed by atoms with Gasteiger partial charge in [0.1, 0.15) is 5.82 Å². The van der Waals surface area contributed by atoms with E-state index in [4.69, 9.17) is 5.53 Å². The van der Waals surface area contributed by atoms with E-state index in [9.17, 15) is 0 Å². The summed E-state index contributed by atoms with van der Waals surface area (Å²) < 4.78 is 0. The zero-order chi connectivity index (χ0) is 11.4. The molecule has 0 amide bonds. The van der Waals surface area contributed by atoms with Crippen molar-refractivity contribution in [3.05, 3.63) is 52.7 Å². The second kappa shape index (κ2) is 4.42. The lowest BCUT2D eigenvalue weighted by atomic mass is 10.1. The molecule has 0 saturated carbocycles. The van der Waals surface area contributed by atoms with Gasteiger partial charge < -0.3 is 0 Å². The fraction of sp³-hybridized carbons (Fsp3) is 0.0909. The molecule has 2 rings (SSSR count). The zero-order valence-corrected chi connectivity index (χ0v) is 8.70. The lowest BCUT2D eigenvalue weighted by Crippen LogP contribution is -1.89. The molecule has 0 saturated heterocycles. The Morgan fingerprint density at radius 1 is 1.25 bits per heavy atom. The number of hydrogen-bond donors (Lipinski definition) is 0. The molecule has 0 aliphatic heterocycles. The van der Waals surface area contributed by atoms with Gasteiger partial charge in [-0.05, 0) is 17.6 Å². The summed E-state index contributed by atoms with van der Waals surface area (Å²) in [4.78, 5) is 11.1. The fourth-order valence-electron chi connectivity index (χ4n) is 1.36. The third-order valence-corrected chi connectivity index (χ3v) is 2.13. The molecule has 1 heterocycles. The molecule has 1 aromatic heterocycles. The van der Waals surface area contributed by atoms with Crippen LogP contribution in [0, 0.1) is 6.92 Å². The van der Waals surface area contributed by atoms with Crippen LogP contribution in [-0.2, 0) is 0 Å². The highest BCUT2D eigenvalue weighted by Gasteiger charge is 2.03. The Hall–Kier alpha value is -2.39. The van der Waals surface area contributed by atoms with Crippen molar-refractivity contribution in [2.75, 3.05) is 0 Å². The van der Waals surface area contributed by atoms with E-state index < -0.39 is 0 Å². The average molecular weight is 211 g/mol. The second-order valence-electron chi connectivity index (χ2n) is 3.22. The van der Waals surface area contributed by atoms with Crippen molar-refractivity contribution >= 4 is 5.82 Å². The van der Waals surface area contributed by atoms with Crippen LogP contribution in [0.1, 0.15) is 5.69 Å². The third kappa shape index (κ3) is 1.99. The SMILES string of the molecule is Cc1nc(-c2ccccc2)cnc1N=[N+]=[N-]. The number of rotatable bonds is 2. The molecule has 0 spiro atoms. The van der Waals surface area contributed by atoms with Crippen LogP contribution in [0.4, 0.5) is 5.82 Å². The van der Waals surface area contributed by atoms with Crippen LogP contribution < -0.4 is 0 Å². The second-order valence-corrected chi connectivity index (χ2v) is 3.22. The quantitative estimate of drug-likeness (QED) is 0.433. The van der Waals surface area contributed by atoms with Crippen molar-refractivity contribution in [2.45, 2.75) is 6.92 Å². The molecule has 0 N–H and O–H groups in total. The first-order chi connectivity index (χ1) is 7.81. The van der Waals surface area contributed by atoms with Gasteiger partial charge in [-0.1, -0.05) is 30.3 Å². The van der Waals surface area contributed by atoms with Gasteiger partial charge in [0.25, 0.3) is 0 Å². The summed E-state index contributed by atoms with van der Waals surface area (Å²) in [7, 11) is 0. The van der Waals surface area contributed by atoms with Gasteiger partial charge in [-0.15, -0.1) is 0 Å². The number of benzene rings is 1. The number of azide groups is 1. The van der Waals surface area contributed by atoms with Gasteiger partial charge in [0.05, 0.1) is 17.6 Å². The van der Waals surface area contributed by atoms with E-state index in [2.05, 4.69) is 20.0 Å². The Morgan fingerprint density at radius 3 is 2.62 bits per heavy atom. The predicted octanol–water partition coefficient (Wildman–Crippen LogP) is 3.39. The molecule has 0 aliphatic rings. The maximum absolute atomic E-state index is 8.32. The minimum absolute atomic E-state index is 0.321. The lowest BCUT2D eigenvalue weighted by Gasteiger charge is -2.02. The number of aryl methyl sites for hydroxylation is 1. The van der Waals surface area contributed by atoms with Crippen LogP contribution in [0.15, 0.2) is 41.6 Å². The highest BCUT2D eigenvalue weighted by Crippen LogP contribution is 2.19. The van der Waals surface area contributed by atoms with Gasteiger partial charge in [0, 0.05) is 10.5 Å². The van der Waals surface area contributed by atoms with Gasteiger partial charge in [0.15, 0.2) is 0 Å². The van der Waals surface area contributed by atoms with Crippen molar-refractivity contribution in [3.63, 3.8) is 0 Å². The van der Waals surface area contributed by atoms with Crippen molar-refractivity contribution in [3.8, 4) is 11.3 Å². The molecule has 2 aromatic rings. The van der Waals surface area contributed by atoms with Crippen molar-refractivity contribution < 1.29 is 0 Å². The largest absolute Gasteiger partial charge is 0.250 e. The van der Waals surface area contributed by atoms with Crippen LogP contribution in [0.2, 0.25) is 0 Å². The van der Waals surface area contributed by atoms with E-state index >= 15 is 0 Å². The first-order valence-electron chi connectivity index (χ1n) is 4.75. The van der Waals surface area contributed by atoms with Crippen LogP contribution in [0.25, 0.3) is 21.7 Å². The van der Waals surface area contributed by atoms with Gasteiger partial charge in [0.2, 0.25) is 0 Å². The summed E-state index contributed by atoms with van der Waals surface area (Å²) in [6.07, 6.45) is 1.60. The topological polar surface area (TPSA) is 74.5 Å². The Morgan fingerprint density at radius 2 is 2.00 bits per heavy atom. The number of aromatic nitrogens is 2. The molecule has 0 unspecified atom stereocenters. The normalized spacial score (nSPS) is 9.56.